The molecule has 0 unspecified atom stereocenters. The number of rotatable bonds is 5. The summed E-state index contributed by atoms with van der Waals surface area (Å²) in [7, 11) is 0. The molecule has 6 heteroatoms. The van der Waals surface area contributed by atoms with Crippen molar-refractivity contribution in [2.45, 2.75) is 42.6 Å². The smallest absolute Gasteiger partial charge is 0.174 e. The summed E-state index contributed by atoms with van der Waals surface area (Å²) in [6.07, 6.45) is 0. The maximum Gasteiger partial charge on any atom is 0.174 e. The Balaban J connectivity index is 2.16. The quantitative estimate of drug-likeness (QED) is 0.917. The first-order chi connectivity index (χ1) is 9.58. The highest BCUT2D eigenvalue weighted by Gasteiger charge is 2.09. The summed E-state index contributed by atoms with van der Waals surface area (Å²) in [4.78, 5) is 5.24. The van der Waals surface area contributed by atoms with Crippen molar-refractivity contribution in [2.75, 3.05) is 0 Å². The number of benzene rings is 1. The van der Waals surface area contributed by atoms with Crippen LogP contribution in [-0.4, -0.2) is 15.4 Å². The number of hydrogen-bond acceptors (Lipinski definition) is 6. The number of nitrogens with one attached hydrogen (secondary N) is 1. The second-order valence-corrected chi connectivity index (χ2v) is 6.73. The van der Waals surface area contributed by atoms with Crippen molar-refractivity contribution >= 4 is 23.3 Å². The minimum Gasteiger partial charge on any atom is -0.310 e. The Morgan fingerprint density at radius 1 is 1.45 bits per heavy atom. The van der Waals surface area contributed by atoms with Gasteiger partial charge in [0.2, 0.25) is 0 Å². The highest BCUT2D eigenvalue weighted by molar-refractivity contribution is 8.01. The molecule has 1 heterocycles. The van der Waals surface area contributed by atoms with E-state index in [1.54, 1.807) is 0 Å². The third-order valence-electron chi connectivity index (χ3n) is 2.59. The van der Waals surface area contributed by atoms with Gasteiger partial charge < -0.3 is 5.32 Å². The maximum atomic E-state index is 9.29. The lowest BCUT2D eigenvalue weighted by atomic mass is 10.1. The average Bonchev–Trinajstić information content (AvgIpc) is 2.83. The number of nitriles is 1. The average molecular weight is 304 g/mol. The minimum atomic E-state index is 0.430. The van der Waals surface area contributed by atoms with Crippen molar-refractivity contribution in [3.63, 3.8) is 0 Å². The Hall–Kier alpha value is -1.42. The van der Waals surface area contributed by atoms with E-state index in [9.17, 15) is 5.26 Å². The SMILES string of the molecule is Cc1nsc(Sc2ccc(CNC(C)C)cc2C#N)n1. The van der Waals surface area contributed by atoms with E-state index < -0.39 is 0 Å². The Morgan fingerprint density at radius 3 is 2.85 bits per heavy atom. The molecule has 0 bridgehead atoms. The highest BCUT2D eigenvalue weighted by atomic mass is 32.2. The normalized spacial score (nSPS) is 10.8. The zero-order valence-electron chi connectivity index (χ0n) is 11.7. The fraction of sp³-hybridized carbons (Fsp3) is 0.357. The molecular weight excluding hydrogens is 288 g/mol. The number of nitrogens with zero attached hydrogens (tertiary/aromatic N) is 3. The molecule has 1 aromatic heterocycles. The molecule has 0 amide bonds. The predicted molar refractivity (Wildman–Crippen MR) is 81.9 cm³/mol. The van der Waals surface area contributed by atoms with Crippen molar-refractivity contribution in [1.82, 2.24) is 14.7 Å². The molecule has 0 spiro atoms. The van der Waals surface area contributed by atoms with Gasteiger partial charge in [0.15, 0.2) is 4.34 Å². The van der Waals surface area contributed by atoms with Gasteiger partial charge in [0.25, 0.3) is 0 Å². The summed E-state index contributed by atoms with van der Waals surface area (Å²) in [6, 6.07) is 8.66. The van der Waals surface area contributed by atoms with E-state index in [1.807, 2.05) is 25.1 Å². The number of aromatic nitrogens is 2. The van der Waals surface area contributed by atoms with E-state index in [2.05, 4.69) is 34.6 Å². The van der Waals surface area contributed by atoms with Crippen LogP contribution in [0.2, 0.25) is 0 Å². The van der Waals surface area contributed by atoms with Crippen LogP contribution < -0.4 is 5.32 Å². The number of hydrogen-bond donors (Lipinski definition) is 1. The lowest BCUT2D eigenvalue weighted by Crippen LogP contribution is -2.21. The molecule has 0 atom stereocenters. The topological polar surface area (TPSA) is 61.6 Å². The van der Waals surface area contributed by atoms with Gasteiger partial charge in [-0.25, -0.2) is 4.98 Å². The van der Waals surface area contributed by atoms with Gasteiger partial charge in [-0.1, -0.05) is 31.7 Å². The van der Waals surface area contributed by atoms with Gasteiger partial charge in [-0.3, -0.25) is 0 Å². The van der Waals surface area contributed by atoms with Crippen LogP contribution in [0.1, 0.15) is 30.8 Å². The lowest BCUT2D eigenvalue weighted by molar-refractivity contribution is 0.588. The van der Waals surface area contributed by atoms with Crippen molar-refractivity contribution in [1.29, 1.82) is 5.26 Å². The molecule has 0 aliphatic rings. The second-order valence-electron chi connectivity index (χ2n) is 4.69. The lowest BCUT2D eigenvalue weighted by Gasteiger charge is -2.09. The molecule has 0 radical (unpaired) electrons. The summed E-state index contributed by atoms with van der Waals surface area (Å²) in [6.45, 7) is 6.85. The first kappa shape index (κ1) is 15.0. The fourth-order valence-corrected chi connectivity index (χ4v) is 3.27. The van der Waals surface area contributed by atoms with Crippen molar-refractivity contribution < 1.29 is 0 Å². The molecule has 0 aliphatic carbocycles. The number of aryl methyl sites for hydroxylation is 1. The summed E-state index contributed by atoms with van der Waals surface area (Å²) in [5, 5.41) is 12.6. The fourth-order valence-electron chi connectivity index (χ4n) is 1.60. The van der Waals surface area contributed by atoms with Crippen LogP contribution in [0.5, 0.6) is 0 Å². The predicted octanol–water partition coefficient (Wildman–Crippen LogP) is 3.37. The molecule has 0 aliphatic heterocycles. The van der Waals surface area contributed by atoms with Crippen molar-refractivity contribution in [2.24, 2.45) is 0 Å². The molecule has 2 aromatic rings. The molecule has 4 nitrogen and oxygen atoms in total. The summed E-state index contributed by atoms with van der Waals surface area (Å²) in [5.41, 5.74) is 1.80. The van der Waals surface area contributed by atoms with E-state index in [0.29, 0.717) is 11.6 Å². The molecule has 20 heavy (non-hydrogen) atoms. The van der Waals surface area contributed by atoms with Crippen molar-refractivity contribution in [3.05, 3.63) is 35.2 Å². The monoisotopic (exact) mass is 304 g/mol. The van der Waals surface area contributed by atoms with Gasteiger partial charge >= 0.3 is 0 Å². The van der Waals surface area contributed by atoms with Crippen LogP contribution in [-0.2, 0) is 6.54 Å². The van der Waals surface area contributed by atoms with Gasteiger partial charge in [0, 0.05) is 17.5 Å². The Bertz CT molecular complexity index is 628. The molecule has 1 N–H and O–H groups in total. The Kier molecular flexibility index (Phi) is 5.12. The molecule has 2 rings (SSSR count). The minimum absolute atomic E-state index is 0.430. The van der Waals surface area contributed by atoms with Gasteiger partial charge in [-0.2, -0.15) is 9.64 Å². The van der Waals surface area contributed by atoms with Crippen LogP contribution in [0.15, 0.2) is 27.4 Å². The highest BCUT2D eigenvalue weighted by Crippen LogP contribution is 2.31. The standard InChI is InChI=1S/C14H16N4S2/c1-9(2)16-8-11-4-5-13(12(6-11)7-15)19-14-17-10(3)18-20-14/h4-6,9,16H,8H2,1-3H3. The summed E-state index contributed by atoms with van der Waals surface area (Å²) in [5.74, 6) is 0.772. The van der Waals surface area contributed by atoms with Crippen LogP contribution >= 0.6 is 23.3 Å². The van der Waals surface area contributed by atoms with Gasteiger partial charge in [0.1, 0.15) is 11.9 Å². The van der Waals surface area contributed by atoms with Gasteiger partial charge in [-0.05, 0) is 36.2 Å². The van der Waals surface area contributed by atoms with Gasteiger partial charge in [0.05, 0.1) is 5.56 Å². The van der Waals surface area contributed by atoms with E-state index >= 15 is 0 Å². The van der Waals surface area contributed by atoms with Crippen LogP contribution in [0.3, 0.4) is 0 Å². The molecular formula is C14H16N4S2. The molecule has 0 saturated carbocycles. The maximum absolute atomic E-state index is 9.29. The Morgan fingerprint density at radius 2 is 2.25 bits per heavy atom. The van der Waals surface area contributed by atoms with Crippen molar-refractivity contribution in [3.8, 4) is 6.07 Å². The van der Waals surface area contributed by atoms with E-state index in [4.69, 9.17) is 0 Å². The summed E-state index contributed by atoms with van der Waals surface area (Å²) < 4.78 is 5.02. The first-order valence-electron chi connectivity index (χ1n) is 6.33. The molecule has 104 valence electrons. The molecule has 0 fully saturated rings. The van der Waals surface area contributed by atoms with E-state index in [1.165, 1.54) is 23.3 Å². The third kappa shape index (κ3) is 4.04. The van der Waals surface area contributed by atoms with E-state index in [0.717, 1.165) is 27.2 Å². The third-order valence-corrected chi connectivity index (χ3v) is 4.50. The second kappa shape index (κ2) is 6.84. The van der Waals surface area contributed by atoms with Crippen LogP contribution in [0.25, 0.3) is 0 Å². The molecule has 0 saturated heterocycles. The zero-order chi connectivity index (χ0) is 14.5. The van der Waals surface area contributed by atoms with E-state index in [-0.39, 0.29) is 0 Å². The van der Waals surface area contributed by atoms with Crippen LogP contribution in [0, 0.1) is 18.3 Å². The zero-order valence-corrected chi connectivity index (χ0v) is 13.3. The van der Waals surface area contributed by atoms with Gasteiger partial charge in [-0.15, -0.1) is 0 Å². The van der Waals surface area contributed by atoms with Crippen LogP contribution in [0.4, 0.5) is 0 Å². The Labute approximate surface area is 127 Å². The first-order valence-corrected chi connectivity index (χ1v) is 7.92. The largest absolute Gasteiger partial charge is 0.310 e. The summed E-state index contributed by atoms with van der Waals surface area (Å²) >= 11 is 2.86. The molecule has 1 aromatic carbocycles.